The zero-order valence-electron chi connectivity index (χ0n) is 10.3. The maximum atomic E-state index is 11.7. The number of pyridine rings is 1. The van der Waals surface area contributed by atoms with Crippen molar-refractivity contribution in [2.24, 2.45) is 0 Å². The van der Waals surface area contributed by atoms with E-state index < -0.39 is 5.38 Å². The van der Waals surface area contributed by atoms with Crippen LogP contribution in [0.3, 0.4) is 0 Å². The zero-order valence-corrected chi connectivity index (χ0v) is 11.1. The van der Waals surface area contributed by atoms with Crippen LogP contribution in [0, 0.1) is 0 Å². The van der Waals surface area contributed by atoms with Crippen LogP contribution in [0.2, 0.25) is 0 Å². The predicted molar refractivity (Wildman–Crippen MR) is 69.4 cm³/mol. The summed E-state index contributed by atoms with van der Waals surface area (Å²) in [5.41, 5.74) is 1.04. The van der Waals surface area contributed by atoms with Gasteiger partial charge in [-0.1, -0.05) is 0 Å². The summed E-state index contributed by atoms with van der Waals surface area (Å²) >= 11 is 5.78. The highest BCUT2D eigenvalue weighted by molar-refractivity contribution is 6.30. The Labute approximate surface area is 112 Å². The summed E-state index contributed by atoms with van der Waals surface area (Å²) in [4.78, 5) is 15.7. The van der Waals surface area contributed by atoms with E-state index in [1.54, 1.807) is 19.3 Å². The van der Waals surface area contributed by atoms with Crippen LogP contribution in [0.5, 0.6) is 0 Å². The average molecular weight is 269 g/mol. The highest BCUT2D eigenvalue weighted by Gasteiger charge is 2.29. The van der Waals surface area contributed by atoms with Crippen LogP contribution in [0.4, 0.5) is 0 Å². The molecule has 0 aromatic carbocycles. The van der Waals surface area contributed by atoms with Gasteiger partial charge in [-0.2, -0.15) is 0 Å². The Bertz CT molecular complexity index is 397. The molecule has 1 unspecified atom stereocenters. The molecule has 0 radical (unpaired) electrons. The van der Waals surface area contributed by atoms with Crippen LogP contribution in [0.1, 0.15) is 31.4 Å². The largest absolute Gasteiger partial charge is 0.371 e. The Hall–Kier alpha value is -1.13. The minimum absolute atomic E-state index is 0.0187. The van der Waals surface area contributed by atoms with Crippen LogP contribution in [-0.2, 0) is 9.53 Å². The topological polar surface area (TPSA) is 51.2 Å². The lowest BCUT2D eigenvalue weighted by Gasteiger charge is -2.32. The first kappa shape index (κ1) is 13.3. The summed E-state index contributed by atoms with van der Waals surface area (Å²) in [6.07, 6.45) is 5.21. The number of nitrogens with zero attached hydrogens (tertiary/aromatic N) is 1. The molecule has 1 aromatic rings. The molecule has 0 bridgehead atoms. The molecule has 1 amide bonds. The lowest BCUT2D eigenvalue weighted by Crippen LogP contribution is -2.45. The fraction of sp³-hybridized carbons (Fsp3) is 0.538. The van der Waals surface area contributed by atoms with Crippen molar-refractivity contribution in [3.8, 4) is 0 Å². The van der Waals surface area contributed by atoms with Crippen molar-refractivity contribution in [3.63, 3.8) is 0 Å². The van der Waals surface area contributed by atoms with Crippen LogP contribution < -0.4 is 5.32 Å². The van der Waals surface area contributed by atoms with Gasteiger partial charge in [-0.25, -0.2) is 0 Å². The molecule has 2 rings (SSSR count). The molecule has 0 saturated carbocycles. The minimum Gasteiger partial charge on any atom is -0.371 e. The van der Waals surface area contributed by atoms with Crippen molar-refractivity contribution in [1.29, 1.82) is 0 Å². The molecule has 3 atom stereocenters. The summed E-state index contributed by atoms with van der Waals surface area (Å²) in [5.74, 6) is -0.147. The van der Waals surface area contributed by atoms with Crippen molar-refractivity contribution in [2.45, 2.75) is 37.3 Å². The smallest absolute Gasteiger partial charge is 0.238 e. The van der Waals surface area contributed by atoms with E-state index >= 15 is 0 Å². The molecule has 1 aliphatic rings. The van der Waals surface area contributed by atoms with E-state index in [1.165, 1.54) is 0 Å². The standard InChI is InChI=1S/C13H17ClN2O2/c1-9(14)13(17)16-11-3-2-8-18-12(11)10-4-6-15-7-5-10/h4-7,9,11-12H,2-3,8H2,1H3,(H,16,17)/t9?,11-,12+/m1/s1. The number of hydrogen-bond acceptors (Lipinski definition) is 3. The maximum absolute atomic E-state index is 11.7. The second-order valence-electron chi connectivity index (χ2n) is 4.45. The fourth-order valence-corrected chi connectivity index (χ4v) is 2.17. The molecular formula is C13H17ClN2O2. The summed E-state index contributed by atoms with van der Waals surface area (Å²) in [6, 6.07) is 3.81. The maximum Gasteiger partial charge on any atom is 0.238 e. The molecule has 18 heavy (non-hydrogen) atoms. The number of halogens is 1. The third kappa shape index (κ3) is 3.21. The summed E-state index contributed by atoms with van der Waals surface area (Å²) in [6.45, 7) is 2.39. The Balaban J connectivity index is 2.09. The second kappa shape index (κ2) is 6.16. The summed E-state index contributed by atoms with van der Waals surface area (Å²) in [7, 11) is 0. The normalized spacial score (nSPS) is 25.4. The second-order valence-corrected chi connectivity index (χ2v) is 5.10. The number of ether oxygens (including phenoxy) is 1. The van der Waals surface area contributed by atoms with E-state index in [-0.39, 0.29) is 18.1 Å². The van der Waals surface area contributed by atoms with Crippen LogP contribution >= 0.6 is 11.6 Å². The lowest BCUT2D eigenvalue weighted by atomic mass is 9.96. The number of nitrogens with one attached hydrogen (secondary N) is 1. The summed E-state index contributed by atoms with van der Waals surface area (Å²) < 4.78 is 5.77. The number of carbonyl (C=O) groups excluding carboxylic acids is 1. The van der Waals surface area contributed by atoms with E-state index in [1.807, 2.05) is 12.1 Å². The van der Waals surface area contributed by atoms with Crippen LogP contribution in [0.15, 0.2) is 24.5 Å². The first-order valence-corrected chi connectivity index (χ1v) is 6.58. The van der Waals surface area contributed by atoms with Gasteiger partial charge in [0.05, 0.1) is 6.04 Å². The van der Waals surface area contributed by atoms with Crippen molar-refractivity contribution in [1.82, 2.24) is 10.3 Å². The van der Waals surface area contributed by atoms with Gasteiger partial charge in [0.1, 0.15) is 11.5 Å². The Morgan fingerprint density at radius 3 is 2.94 bits per heavy atom. The van der Waals surface area contributed by atoms with E-state index in [2.05, 4.69) is 10.3 Å². The number of hydrogen-bond donors (Lipinski definition) is 1. The van der Waals surface area contributed by atoms with E-state index in [0.717, 1.165) is 25.0 Å². The highest BCUT2D eigenvalue weighted by Crippen LogP contribution is 2.28. The molecule has 98 valence electrons. The monoisotopic (exact) mass is 268 g/mol. The van der Waals surface area contributed by atoms with E-state index in [4.69, 9.17) is 16.3 Å². The quantitative estimate of drug-likeness (QED) is 0.854. The molecule has 1 saturated heterocycles. The van der Waals surface area contributed by atoms with Crippen molar-refractivity contribution in [2.75, 3.05) is 6.61 Å². The third-order valence-corrected chi connectivity index (χ3v) is 3.24. The zero-order chi connectivity index (χ0) is 13.0. The van der Waals surface area contributed by atoms with Gasteiger partial charge in [0.25, 0.3) is 0 Å². The SMILES string of the molecule is CC(Cl)C(=O)N[C@@H]1CCCO[C@H]1c1ccncc1. The van der Waals surface area contributed by atoms with Crippen molar-refractivity contribution < 1.29 is 9.53 Å². The lowest BCUT2D eigenvalue weighted by molar-refractivity contribution is -0.123. The van der Waals surface area contributed by atoms with Gasteiger partial charge in [0.2, 0.25) is 5.91 Å². The molecule has 5 heteroatoms. The number of amides is 1. The first-order chi connectivity index (χ1) is 8.68. The van der Waals surface area contributed by atoms with Gasteiger partial charge in [-0.15, -0.1) is 11.6 Å². The minimum atomic E-state index is -0.523. The Morgan fingerprint density at radius 1 is 1.56 bits per heavy atom. The van der Waals surface area contributed by atoms with E-state index in [9.17, 15) is 4.79 Å². The van der Waals surface area contributed by atoms with Crippen molar-refractivity contribution >= 4 is 17.5 Å². The van der Waals surface area contributed by atoms with Gasteiger partial charge in [0, 0.05) is 19.0 Å². The third-order valence-electron chi connectivity index (χ3n) is 3.05. The molecule has 1 aliphatic heterocycles. The van der Waals surface area contributed by atoms with Crippen molar-refractivity contribution in [3.05, 3.63) is 30.1 Å². The summed E-state index contributed by atoms with van der Waals surface area (Å²) in [5, 5.41) is 2.43. The van der Waals surface area contributed by atoms with Gasteiger partial charge >= 0.3 is 0 Å². The number of rotatable bonds is 3. The first-order valence-electron chi connectivity index (χ1n) is 6.14. The highest BCUT2D eigenvalue weighted by atomic mass is 35.5. The van der Waals surface area contributed by atoms with Crippen LogP contribution in [-0.4, -0.2) is 28.9 Å². The van der Waals surface area contributed by atoms with E-state index in [0.29, 0.717) is 0 Å². The Morgan fingerprint density at radius 2 is 2.28 bits per heavy atom. The molecule has 4 nitrogen and oxygen atoms in total. The van der Waals surface area contributed by atoms with Gasteiger partial charge in [-0.3, -0.25) is 9.78 Å². The predicted octanol–water partition coefficient (Wildman–Crippen LogP) is 2.05. The molecular weight excluding hydrogens is 252 g/mol. The number of carbonyl (C=O) groups is 1. The average Bonchev–Trinajstić information content (AvgIpc) is 2.40. The molecule has 1 N–H and O–H groups in total. The fourth-order valence-electron chi connectivity index (χ4n) is 2.11. The molecule has 2 heterocycles. The molecule has 1 fully saturated rings. The molecule has 0 spiro atoms. The molecule has 1 aromatic heterocycles. The Kier molecular flexibility index (Phi) is 4.55. The number of alkyl halides is 1. The van der Waals surface area contributed by atoms with Gasteiger partial charge in [-0.05, 0) is 37.5 Å². The number of aromatic nitrogens is 1. The van der Waals surface area contributed by atoms with Gasteiger partial charge in [0.15, 0.2) is 0 Å². The van der Waals surface area contributed by atoms with Gasteiger partial charge < -0.3 is 10.1 Å². The molecule has 0 aliphatic carbocycles. The van der Waals surface area contributed by atoms with Crippen LogP contribution in [0.25, 0.3) is 0 Å².